The molecular weight excluding hydrogens is 528 g/mol. The van der Waals surface area contributed by atoms with Crippen molar-refractivity contribution in [3.8, 4) is 0 Å². The number of thiazole rings is 1. The van der Waals surface area contributed by atoms with Gasteiger partial charge in [0.25, 0.3) is 0 Å². The molecule has 2 aliphatic heterocycles. The highest BCUT2D eigenvalue weighted by Gasteiger charge is 2.58. The van der Waals surface area contributed by atoms with E-state index in [2.05, 4.69) is 18.7 Å². The van der Waals surface area contributed by atoms with Crippen molar-refractivity contribution in [3.05, 3.63) is 21.7 Å². The summed E-state index contributed by atoms with van der Waals surface area (Å²) >= 11 is 1.62. The van der Waals surface area contributed by atoms with E-state index in [9.17, 15) is 24.9 Å². The fraction of sp³-hybridized carbons (Fsp3) is 0.774. The Morgan fingerprint density at radius 1 is 1.25 bits per heavy atom. The molecule has 40 heavy (non-hydrogen) atoms. The van der Waals surface area contributed by atoms with Gasteiger partial charge < -0.3 is 20.1 Å². The Morgan fingerprint density at radius 2 is 1.95 bits per heavy atom. The third-order valence-corrected chi connectivity index (χ3v) is 10.3. The molecule has 1 aromatic rings. The largest absolute Gasteiger partial charge is 0.458 e. The lowest BCUT2D eigenvalue weighted by Crippen LogP contribution is -2.45. The normalized spacial score (nSPS) is 36.1. The predicted molar refractivity (Wildman–Crippen MR) is 158 cm³/mol. The van der Waals surface area contributed by atoms with Crippen LogP contribution in [0.15, 0.2) is 11.0 Å². The lowest BCUT2D eigenvalue weighted by atomic mass is 9.73. The van der Waals surface area contributed by atoms with Gasteiger partial charge >= 0.3 is 5.97 Å². The number of aliphatic hydroxyl groups excluding tert-OH is 3. The Kier molecular flexibility index (Phi) is 11.1. The van der Waals surface area contributed by atoms with Crippen LogP contribution < -0.4 is 0 Å². The highest BCUT2D eigenvalue weighted by atomic mass is 32.1. The first kappa shape index (κ1) is 32.9. The first-order valence-corrected chi connectivity index (χ1v) is 15.7. The fourth-order valence-corrected chi connectivity index (χ4v) is 7.20. The van der Waals surface area contributed by atoms with Crippen LogP contribution in [0.2, 0.25) is 0 Å². The van der Waals surface area contributed by atoms with Gasteiger partial charge in [0.2, 0.25) is 0 Å². The summed E-state index contributed by atoms with van der Waals surface area (Å²) in [6.45, 7) is 13.8. The minimum absolute atomic E-state index is 0.0421. The maximum Gasteiger partial charge on any atom is 0.309 e. The molecule has 0 aromatic carbocycles. The molecule has 2 aliphatic rings. The van der Waals surface area contributed by atoms with E-state index >= 15 is 0 Å². The maximum atomic E-state index is 13.4. The summed E-state index contributed by atoms with van der Waals surface area (Å²) in [5.41, 5.74) is 0.331. The summed E-state index contributed by atoms with van der Waals surface area (Å²) in [5, 5.41) is 34.8. The maximum absolute atomic E-state index is 13.4. The summed E-state index contributed by atoms with van der Waals surface area (Å²) in [6.07, 6.45) is 4.03. The summed E-state index contributed by atoms with van der Waals surface area (Å²) < 4.78 is 6.03. The molecular formula is C31H50N2O6S. The number of fused-ring (bicyclic) bond motifs is 1. The number of hydrogen-bond acceptors (Lipinski definition) is 9. The van der Waals surface area contributed by atoms with Crippen molar-refractivity contribution < 1.29 is 29.6 Å². The van der Waals surface area contributed by atoms with Crippen LogP contribution in [0.3, 0.4) is 0 Å². The molecule has 0 amide bonds. The molecule has 1 aromatic heterocycles. The molecule has 0 radical (unpaired) electrons. The second kappa shape index (κ2) is 13.6. The summed E-state index contributed by atoms with van der Waals surface area (Å²) in [5.74, 6) is -1.60. The minimum atomic E-state index is -1.25. The van der Waals surface area contributed by atoms with E-state index in [1.807, 2.05) is 25.3 Å². The molecule has 3 N–H and O–H groups in total. The number of rotatable bonds is 6. The van der Waals surface area contributed by atoms with Crippen LogP contribution >= 0.6 is 11.3 Å². The predicted octanol–water partition coefficient (Wildman–Crippen LogP) is 4.40. The molecule has 3 rings (SSSR count). The van der Waals surface area contributed by atoms with E-state index in [0.717, 1.165) is 48.4 Å². The van der Waals surface area contributed by atoms with Crippen molar-refractivity contribution in [3.63, 3.8) is 0 Å². The van der Waals surface area contributed by atoms with Crippen LogP contribution in [-0.2, 0) is 20.7 Å². The molecule has 8 atom stereocenters. The summed E-state index contributed by atoms with van der Waals surface area (Å²) in [4.78, 5) is 33.5. The topological polar surface area (TPSA) is 120 Å². The van der Waals surface area contributed by atoms with Crippen LogP contribution in [0.5, 0.6) is 0 Å². The van der Waals surface area contributed by atoms with E-state index in [1.54, 1.807) is 32.1 Å². The molecule has 0 saturated carbocycles. The van der Waals surface area contributed by atoms with E-state index in [1.165, 1.54) is 0 Å². The number of carbonyl (C=O) groups is 2. The molecule has 2 fully saturated rings. The van der Waals surface area contributed by atoms with Gasteiger partial charge in [0.1, 0.15) is 11.9 Å². The highest BCUT2D eigenvalue weighted by Crippen LogP contribution is 2.48. The number of β-amino-alcohol motifs (C(OH)–C–C–N with tert-alkyl or cyclic N) is 1. The number of aromatic nitrogens is 1. The SMILES string of the molecule is CCCc1nc(/C=C(\C)[C@@H]2C[C@@H]3N(CCO)[C@]3(C)CCC[C@H](C)[C@H](O)[C@@H](C)C(=O)C(C)(C)[C@@H](O)CC(=O)O2)cs1. The van der Waals surface area contributed by atoms with Crippen LogP contribution in [0.4, 0.5) is 0 Å². The van der Waals surface area contributed by atoms with Crippen molar-refractivity contribution >= 4 is 29.2 Å². The number of ketones is 1. The lowest BCUT2D eigenvalue weighted by Gasteiger charge is -2.34. The van der Waals surface area contributed by atoms with Crippen molar-refractivity contribution in [2.24, 2.45) is 17.3 Å². The first-order valence-electron chi connectivity index (χ1n) is 14.9. The zero-order valence-electron chi connectivity index (χ0n) is 25.4. The monoisotopic (exact) mass is 578 g/mol. The Labute approximate surface area is 243 Å². The lowest BCUT2D eigenvalue weighted by molar-refractivity contribution is -0.154. The van der Waals surface area contributed by atoms with Gasteiger partial charge in [-0.2, -0.15) is 0 Å². The van der Waals surface area contributed by atoms with Gasteiger partial charge in [0.05, 0.1) is 41.4 Å². The molecule has 0 aliphatic carbocycles. The van der Waals surface area contributed by atoms with Crippen LogP contribution in [0, 0.1) is 17.3 Å². The highest BCUT2D eigenvalue weighted by molar-refractivity contribution is 7.09. The van der Waals surface area contributed by atoms with Gasteiger partial charge in [-0.05, 0) is 57.1 Å². The number of aryl methyl sites for hydroxylation is 1. The molecule has 3 heterocycles. The standard InChI is InChI=1S/C31H50N2O6S/c1-8-10-26-32-22(18-40-26)15-20(3)23-16-24-31(7,33(24)13-14-34)12-9-11-19(2)28(37)21(4)29(38)30(5,6)25(35)17-27(36)39-23/h15,18-19,21,23-25,28,34-35,37H,8-14,16-17H2,1-7H3/b20-15+/t19-,21+,23-,24-,25-,28-,31+,33?/m0/s1. The Hall–Kier alpha value is -1.65. The van der Waals surface area contributed by atoms with Gasteiger partial charge in [-0.25, -0.2) is 4.98 Å². The second-order valence-corrected chi connectivity index (χ2v) is 13.7. The van der Waals surface area contributed by atoms with E-state index in [0.29, 0.717) is 13.0 Å². The molecule has 9 heteroatoms. The van der Waals surface area contributed by atoms with Gasteiger partial charge in [-0.15, -0.1) is 11.3 Å². The second-order valence-electron chi connectivity index (χ2n) is 12.8. The molecule has 8 nitrogen and oxygen atoms in total. The Bertz CT molecular complexity index is 1050. The molecule has 226 valence electrons. The average Bonchev–Trinajstić information content (AvgIpc) is 3.19. The van der Waals surface area contributed by atoms with Crippen LogP contribution in [0.1, 0.15) is 97.7 Å². The smallest absolute Gasteiger partial charge is 0.309 e. The van der Waals surface area contributed by atoms with Crippen molar-refractivity contribution in [2.45, 2.75) is 123 Å². The first-order chi connectivity index (χ1) is 18.8. The number of aliphatic hydroxyl groups is 3. The fourth-order valence-electron chi connectivity index (χ4n) is 6.34. The van der Waals surface area contributed by atoms with E-state index in [-0.39, 0.29) is 36.3 Å². The van der Waals surface area contributed by atoms with Gasteiger partial charge in [0.15, 0.2) is 0 Å². The zero-order chi connectivity index (χ0) is 29.8. The number of carbonyl (C=O) groups excluding carboxylic acids is 2. The number of ether oxygens (including phenoxy) is 1. The number of cyclic esters (lactones) is 1. The quantitative estimate of drug-likeness (QED) is 0.336. The van der Waals surface area contributed by atoms with Gasteiger partial charge in [-0.1, -0.05) is 41.0 Å². The third kappa shape index (κ3) is 7.40. The number of hydrogen-bond donors (Lipinski definition) is 3. The molecule has 2 saturated heterocycles. The van der Waals surface area contributed by atoms with E-state index < -0.39 is 35.6 Å². The molecule has 1 unspecified atom stereocenters. The van der Waals surface area contributed by atoms with Gasteiger partial charge in [-0.3, -0.25) is 14.5 Å². The zero-order valence-corrected chi connectivity index (χ0v) is 26.2. The average molecular weight is 579 g/mol. The summed E-state index contributed by atoms with van der Waals surface area (Å²) in [7, 11) is 0. The van der Waals surface area contributed by atoms with Crippen LogP contribution in [-0.4, -0.2) is 80.0 Å². The van der Waals surface area contributed by atoms with Crippen molar-refractivity contribution in [1.29, 1.82) is 0 Å². The number of nitrogens with zero attached hydrogens (tertiary/aromatic N) is 2. The number of Topliss-reactive ketones (excluding diaryl/α,β-unsaturated/α-hetero) is 1. The number of esters is 1. The molecule has 0 bridgehead atoms. The minimum Gasteiger partial charge on any atom is -0.458 e. The van der Waals surface area contributed by atoms with Crippen molar-refractivity contribution in [1.82, 2.24) is 9.88 Å². The third-order valence-electron chi connectivity index (χ3n) is 9.33. The molecule has 0 spiro atoms. The van der Waals surface area contributed by atoms with Crippen molar-refractivity contribution in [2.75, 3.05) is 13.2 Å². The van der Waals surface area contributed by atoms with E-state index in [4.69, 9.17) is 9.72 Å². The Morgan fingerprint density at radius 3 is 2.60 bits per heavy atom. The Balaban J connectivity index is 1.92. The van der Waals surface area contributed by atoms with Crippen LogP contribution in [0.25, 0.3) is 6.08 Å². The van der Waals surface area contributed by atoms with Gasteiger partial charge in [0, 0.05) is 35.8 Å². The summed E-state index contributed by atoms with van der Waals surface area (Å²) in [6, 6.07) is 0.113.